The highest BCUT2D eigenvalue weighted by Gasteiger charge is 2.24. The van der Waals surface area contributed by atoms with Crippen molar-refractivity contribution >= 4 is 0 Å². The van der Waals surface area contributed by atoms with E-state index in [9.17, 15) is 9.90 Å². The Morgan fingerprint density at radius 2 is 2.11 bits per heavy atom. The van der Waals surface area contributed by atoms with Crippen molar-refractivity contribution in [1.29, 1.82) is 0 Å². The van der Waals surface area contributed by atoms with Gasteiger partial charge in [-0.1, -0.05) is 25.3 Å². The van der Waals surface area contributed by atoms with E-state index in [4.69, 9.17) is 9.72 Å². The summed E-state index contributed by atoms with van der Waals surface area (Å²) in [7, 11) is 0. The molecule has 28 heavy (non-hydrogen) atoms. The number of rotatable bonds is 5. The summed E-state index contributed by atoms with van der Waals surface area (Å²) in [5.74, 6) is 1.97. The van der Waals surface area contributed by atoms with Crippen LogP contribution in [-0.4, -0.2) is 33.1 Å². The number of phenolic OH excluding ortho intramolecular Hbond substituents is 1. The number of nitrogens with one attached hydrogen (secondary N) is 1. The number of aromatic hydroxyl groups is 1. The number of benzene rings is 1. The molecule has 0 radical (unpaired) electrons. The highest BCUT2D eigenvalue weighted by atomic mass is 16.5. The Hall–Kier alpha value is -2.34. The van der Waals surface area contributed by atoms with Crippen LogP contribution in [-0.2, 0) is 19.5 Å². The number of aromatic amines is 1. The van der Waals surface area contributed by atoms with Crippen LogP contribution < -0.4 is 10.3 Å². The minimum absolute atomic E-state index is 0.0495. The van der Waals surface area contributed by atoms with Gasteiger partial charge in [-0.25, -0.2) is 4.98 Å². The molecule has 1 saturated carbocycles. The maximum atomic E-state index is 12.6. The van der Waals surface area contributed by atoms with Gasteiger partial charge in [0.2, 0.25) is 0 Å². The summed E-state index contributed by atoms with van der Waals surface area (Å²) in [6, 6.07) is 5.50. The SMILES string of the molecule is CCOc1cc(CN2CCc3c(nc(C4CCCCC4)[nH]c3=O)C2)ccc1O. The first-order chi connectivity index (χ1) is 13.6. The molecule has 0 bridgehead atoms. The second-order valence-corrected chi connectivity index (χ2v) is 7.91. The largest absolute Gasteiger partial charge is 0.504 e. The van der Waals surface area contributed by atoms with Gasteiger partial charge in [-0.05, 0) is 43.9 Å². The van der Waals surface area contributed by atoms with E-state index in [0.717, 1.165) is 55.0 Å². The zero-order valence-corrected chi connectivity index (χ0v) is 16.5. The lowest BCUT2D eigenvalue weighted by atomic mass is 9.88. The monoisotopic (exact) mass is 383 g/mol. The quantitative estimate of drug-likeness (QED) is 0.826. The van der Waals surface area contributed by atoms with E-state index in [2.05, 4.69) is 9.88 Å². The average molecular weight is 383 g/mol. The fourth-order valence-electron chi connectivity index (χ4n) is 4.40. The molecule has 4 rings (SSSR count). The first-order valence-electron chi connectivity index (χ1n) is 10.4. The Morgan fingerprint density at radius 3 is 2.89 bits per heavy atom. The maximum absolute atomic E-state index is 12.6. The van der Waals surface area contributed by atoms with E-state index in [0.29, 0.717) is 24.8 Å². The van der Waals surface area contributed by atoms with Crippen LogP contribution in [0.3, 0.4) is 0 Å². The Balaban J connectivity index is 1.51. The first kappa shape index (κ1) is 19.0. The van der Waals surface area contributed by atoms with Crippen LogP contribution in [0.2, 0.25) is 0 Å². The van der Waals surface area contributed by atoms with Crippen molar-refractivity contribution < 1.29 is 9.84 Å². The van der Waals surface area contributed by atoms with Crippen molar-refractivity contribution in [1.82, 2.24) is 14.9 Å². The highest BCUT2D eigenvalue weighted by Crippen LogP contribution is 2.31. The van der Waals surface area contributed by atoms with Crippen LogP contribution in [0.1, 0.15) is 67.6 Å². The molecule has 1 aromatic carbocycles. The van der Waals surface area contributed by atoms with Gasteiger partial charge in [0.25, 0.3) is 5.56 Å². The predicted octanol–water partition coefficient (Wildman–Crippen LogP) is 3.48. The molecule has 2 N–H and O–H groups in total. The molecule has 0 atom stereocenters. The van der Waals surface area contributed by atoms with Gasteiger partial charge >= 0.3 is 0 Å². The van der Waals surface area contributed by atoms with Gasteiger partial charge in [0, 0.05) is 31.1 Å². The maximum Gasteiger partial charge on any atom is 0.254 e. The Morgan fingerprint density at radius 1 is 1.29 bits per heavy atom. The molecule has 1 fully saturated rings. The van der Waals surface area contributed by atoms with Crippen LogP contribution in [0.15, 0.2) is 23.0 Å². The van der Waals surface area contributed by atoms with Crippen LogP contribution in [0.4, 0.5) is 0 Å². The van der Waals surface area contributed by atoms with E-state index in [1.807, 2.05) is 19.1 Å². The number of aromatic nitrogens is 2. The van der Waals surface area contributed by atoms with Gasteiger partial charge in [-0.2, -0.15) is 0 Å². The fraction of sp³-hybridized carbons (Fsp3) is 0.545. The van der Waals surface area contributed by atoms with Gasteiger partial charge < -0.3 is 14.8 Å². The number of fused-ring (bicyclic) bond motifs is 1. The average Bonchev–Trinajstić information content (AvgIpc) is 2.71. The van der Waals surface area contributed by atoms with Gasteiger partial charge in [-0.3, -0.25) is 9.69 Å². The lowest BCUT2D eigenvalue weighted by Gasteiger charge is -2.29. The lowest BCUT2D eigenvalue weighted by Crippen LogP contribution is -2.35. The third-order valence-corrected chi connectivity index (χ3v) is 5.89. The van der Waals surface area contributed by atoms with Gasteiger partial charge in [-0.15, -0.1) is 0 Å². The molecular weight excluding hydrogens is 354 g/mol. The summed E-state index contributed by atoms with van der Waals surface area (Å²) in [6.45, 7) is 4.67. The van der Waals surface area contributed by atoms with Crippen molar-refractivity contribution in [2.75, 3.05) is 13.2 Å². The van der Waals surface area contributed by atoms with Crippen molar-refractivity contribution in [3.05, 3.63) is 51.2 Å². The molecular formula is C22H29N3O3. The smallest absolute Gasteiger partial charge is 0.254 e. The summed E-state index contributed by atoms with van der Waals surface area (Å²) in [6.07, 6.45) is 6.70. The minimum Gasteiger partial charge on any atom is -0.504 e. The summed E-state index contributed by atoms with van der Waals surface area (Å²) >= 11 is 0. The van der Waals surface area contributed by atoms with Gasteiger partial charge in [0.1, 0.15) is 5.82 Å². The van der Waals surface area contributed by atoms with Crippen LogP contribution in [0.5, 0.6) is 11.5 Å². The predicted molar refractivity (Wildman–Crippen MR) is 108 cm³/mol. The number of phenols is 1. The topological polar surface area (TPSA) is 78.5 Å². The summed E-state index contributed by atoms with van der Waals surface area (Å²) in [5.41, 5.74) is 2.91. The number of nitrogens with zero attached hydrogens (tertiary/aromatic N) is 2. The lowest BCUT2D eigenvalue weighted by molar-refractivity contribution is 0.238. The number of ether oxygens (including phenoxy) is 1. The molecule has 0 saturated heterocycles. The molecule has 1 aromatic heterocycles. The third kappa shape index (κ3) is 4.07. The summed E-state index contributed by atoms with van der Waals surface area (Å²) in [4.78, 5) is 22.9. The zero-order valence-electron chi connectivity index (χ0n) is 16.5. The van der Waals surface area contributed by atoms with Crippen LogP contribution >= 0.6 is 0 Å². The van der Waals surface area contributed by atoms with Crippen molar-refractivity contribution in [2.24, 2.45) is 0 Å². The Labute approximate surface area is 165 Å². The molecule has 6 nitrogen and oxygen atoms in total. The second kappa shape index (κ2) is 8.35. The number of H-pyrrole nitrogens is 1. The van der Waals surface area contributed by atoms with Crippen LogP contribution in [0, 0.1) is 0 Å². The van der Waals surface area contributed by atoms with Gasteiger partial charge in [0.15, 0.2) is 11.5 Å². The molecule has 0 unspecified atom stereocenters. The molecule has 2 aliphatic rings. The molecule has 2 aromatic rings. The molecule has 1 aliphatic heterocycles. The van der Waals surface area contributed by atoms with E-state index < -0.39 is 0 Å². The van der Waals surface area contributed by atoms with E-state index >= 15 is 0 Å². The minimum atomic E-state index is 0.0495. The normalized spacial score (nSPS) is 18.0. The van der Waals surface area contributed by atoms with Crippen molar-refractivity contribution in [2.45, 2.75) is 64.5 Å². The Kier molecular flexibility index (Phi) is 5.67. The molecule has 1 aliphatic carbocycles. The highest BCUT2D eigenvalue weighted by molar-refractivity contribution is 5.41. The van der Waals surface area contributed by atoms with Crippen molar-refractivity contribution in [3.63, 3.8) is 0 Å². The van der Waals surface area contributed by atoms with E-state index in [-0.39, 0.29) is 11.3 Å². The molecule has 6 heteroatoms. The summed E-state index contributed by atoms with van der Waals surface area (Å²) in [5, 5.41) is 9.90. The molecule has 0 amide bonds. The fourth-order valence-corrected chi connectivity index (χ4v) is 4.40. The molecule has 0 spiro atoms. The van der Waals surface area contributed by atoms with E-state index in [1.165, 1.54) is 19.3 Å². The zero-order chi connectivity index (χ0) is 19.5. The standard InChI is InChI=1S/C22H29N3O3/c1-2-28-20-12-15(8-9-19(20)26)13-25-11-10-17-18(14-25)23-21(24-22(17)27)16-6-4-3-5-7-16/h8-9,12,16,26H,2-7,10-11,13-14H2,1H3,(H,23,24,27). The third-order valence-electron chi connectivity index (χ3n) is 5.89. The van der Waals surface area contributed by atoms with Crippen LogP contribution in [0.25, 0.3) is 0 Å². The summed E-state index contributed by atoms with van der Waals surface area (Å²) < 4.78 is 5.50. The molecule has 150 valence electrons. The van der Waals surface area contributed by atoms with E-state index in [1.54, 1.807) is 6.07 Å². The Bertz CT molecular complexity index is 887. The first-order valence-corrected chi connectivity index (χ1v) is 10.4. The second-order valence-electron chi connectivity index (χ2n) is 7.91. The number of hydrogen-bond donors (Lipinski definition) is 2. The van der Waals surface area contributed by atoms with Crippen molar-refractivity contribution in [3.8, 4) is 11.5 Å². The number of hydrogen-bond acceptors (Lipinski definition) is 5. The van der Waals surface area contributed by atoms with Gasteiger partial charge in [0.05, 0.1) is 12.3 Å². The molecule has 2 heterocycles.